The molecule has 1 aromatic rings. The fourth-order valence-electron chi connectivity index (χ4n) is 5.28. The van der Waals surface area contributed by atoms with Gasteiger partial charge < -0.3 is 4.90 Å². The van der Waals surface area contributed by atoms with Crippen LogP contribution >= 0.6 is 23.5 Å². The van der Waals surface area contributed by atoms with Crippen molar-refractivity contribution in [2.75, 3.05) is 18.1 Å². The van der Waals surface area contributed by atoms with Gasteiger partial charge in [-0.1, -0.05) is 24.3 Å². The Balaban J connectivity index is 1.74. The Morgan fingerprint density at radius 1 is 1.08 bits per heavy atom. The zero-order chi connectivity index (χ0) is 16.4. The molecule has 1 fully saturated rings. The highest BCUT2D eigenvalue weighted by atomic mass is 32.2. The second kappa shape index (κ2) is 5.31. The number of ketones is 1. The number of nitrogens with zero attached hydrogens (tertiary/aromatic N) is 1. The molecule has 0 N–H and O–H groups in total. The van der Waals surface area contributed by atoms with Crippen LogP contribution in [0.15, 0.2) is 35.5 Å². The molecule has 0 bridgehead atoms. The zero-order valence-electron chi connectivity index (χ0n) is 14.1. The van der Waals surface area contributed by atoms with Gasteiger partial charge in [0, 0.05) is 42.2 Å². The number of benzene rings is 1. The molecule has 1 unspecified atom stereocenters. The molecule has 0 amide bonds. The third kappa shape index (κ3) is 1.96. The minimum absolute atomic E-state index is 0.00252. The van der Waals surface area contributed by atoms with Gasteiger partial charge in [0.1, 0.15) is 0 Å². The van der Waals surface area contributed by atoms with Gasteiger partial charge in [-0.2, -0.15) is 0 Å². The van der Waals surface area contributed by atoms with Crippen molar-refractivity contribution in [2.24, 2.45) is 0 Å². The number of allylic oxidation sites excluding steroid dienone is 1. The summed E-state index contributed by atoms with van der Waals surface area (Å²) >= 11 is 4.08. The van der Waals surface area contributed by atoms with E-state index in [4.69, 9.17) is 0 Å². The predicted molar refractivity (Wildman–Crippen MR) is 102 cm³/mol. The smallest absolute Gasteiger partial charge is 0.162 e. The molecule has 0 radical (unpaired) electrons. The van der Waals surface area contributed by atoms with Gasteiger partial charge in [-0.15, -0.1) is 23.5 Å². The van der Waals surface area contributed by atoms with Crippen molar-refractivity contribution in [1.82, 2.24) is 4.90 Å². The minimum Gasteiger partial charge on any atom is -0.365 e. The van der Waals surface area contributed by atoms with Gasteiger partial charge in [-0.05, 0) is 37.3 Å². The Kier molecular flexibility index (Phi) is 3.41. The monoisotopic (exact) mass is 357 g/mol. The lowest BCUT2D eigenvalue weighted by Gasteiger charge is -2.57. The van der Waals surface area contributed by atoms with Crippen LogP contribution in [0.3, 0.4) is 0 Å². The van der Waals surface area contributed by atoms with E-state index in [9.17, 15) is 4.79 Å². The van der Waals surface area contributed by atoms with Gasteiger partial charge >= 0.3 is 0 Å². The van der Waals surface area contributed by atoms with Gasteiger partial charge in [-0.25, -0.2) is 0 Å². The maximum Gasteiger partial charge on any atom is 0.162 e. The van der Waals surface area contributed by atoms with E-state index < -0.39 is 0 Å². The first-order chi connectivity index (χ1) is 11.6. The van der Waals surface area contributed by atoms with E-state index in [1.807, 2.05) is 23.5 Å². The van der Waals surface area contributed by atoms with Crippen molar-refractivity contribution < 1.29 is 4.79 Å². The summed E-state index contributed by atoms with van der Waals surface area (Å²) in [6.07, 6.45) is 5.03. The summed E-state index contributed by atoms with van der Waals surface area (Å²) in [5.41, 5.74) is 5.61. The first-order valence-electron chi connectivity index (χ1n) is 9.05. The molecular formula is C20H23NOS2. The first kappa shape index (κ1) is 15.4. The van der Waals surface area contributed by atoms with Gasteiger partial charge in [0.05, 0.1) is 9.62 Å². The number of carbonyl (C=O) groups excluding carboxylic acids is 1. The van der Waals surface area contributed by atoms with Crippen molar-refractivity contribution in [3.63, 3.8) is 0 Å². The maximum atomic E-state index is 12.9. The van der Waals surface area contributed by atoms with Gasteiger partial charge in [0.15, 0.2) is 5.78 Å². The van der Waals surface area contributed by atoms with Crippen molar-refractivity contribution >= 4 is 29.3 Å². The van der Waals surface area contributed by atoms with Crippen molar-refractivity contribution in [3.05, 3.63) is 46.7 Å². The van der Waals surface area contributed by atoms with Gasteiger partial charge in [0.25, 0.3) is 0 Å². The van der Waals surface area contributed by atoms with Crippen LogP contribution in [0, 0.1) is 0 Å². The Morgan fingerprint density at radius 3 is 2.71 bits per heavy atom. The summed E-state index contributed by atoms with van der Waals surface area (Å²) < 4.78 is 0.00252. The third-order valence-corrected chi connectivity index (χ3v) is 9.63. The molecule has 1 aromatic carbocycles. The highest BCUT2D eigenvalue weighted by Gasteiger charge is 2.56. The molecule has 4 aliphatic rings. The number of Topliss-reactive ketones (excluding diaryl/α,β-unsaturated/α-hetero) is 1. The van der Waals surface area contributed by atoms with E-state index >= 15 is 0 Å². The van der Waals surface area contributed by atoms with Crippen LogP contribution in [0.2, 0.25) is 0 Å². The molecule has 0 aromatic heterocycles. The van der Waals surface area contributed by atoms with E-state index in [-0.39, 0.29) is 9.62 Å². The number of fused-ring (bicyclic) bond motifs is 5. The minimum atomic E-state index is 0.00252. The zero-order valence-corrected chi connectivity index (χ0v) is 15.8. The summed E-state index contributed by atoms with van der Waals surface area (Å²) in [5, 5.41) is 0. The highest BCUT2D eigenvalue weighted by Crippen LogP contribution is 2.62. The van der Waals surface area contributed by atoms with Crippen LogP contribution in [0.25, 0.3) is 0 Å². The van der Waals surface area contributed by atoms with Crippen LogP contribution in [0.5, 0.6) is 0 Å². The van der Waals surface area contributed by atoms with E-state index in [1.165, 1.54) is 33.9 Å². The molecule has 3 heterocycles. The number of rotatable bonds is 0. The fourth-order valence-corrected chi connectivity index (χ4v) is 8.96. The summed E-state index contributed by atoms with van der Waals surface area (Å²) in [7, 11) is 0. The lowest BCUT2D eigenvalue weighted by atomic mass is 9.72. The van der Waals surface area contributed by atoms with Crippen LogP contribution in [-0.2, 0) is 16.8 Å². The molecule has 1 aliphatic carbocycles. The van der Waals surface area contributed by atoms with Crippen molar-refractivity contribution in [2.45, 2.75) is 48.6 Å². The van der Waals surface area contributed by atoms with E-state index in [0.717, 1.165) is 38.6 Å². The van der Waals surface area contributed by atoms with E-state index in [0.29, 0.717) is 5.78 Å². The molecule has 1 saturated heterocycles. The lowest BCUT2D eigenvalue weighted by Crippen LogP contribution is -2.56. The first-order valence-corrected chi connectivity index (χ1v) is 11.0. The van der Waals surface area contributed by atoms with Gasteiger partial charge in [-0.3, -0.25) is 4.79 Å². The molecule has 4 heteroatoms. The average molecular weight is 358 g/mol. The molecule has 5 rings (SSSR count). The molecule has 24 heavy (non-hydrogen) atoms. The van der Waals surface area contributed by atoms with Crippen molar-refractivity contribution in [1.29, 1.82) is 0 Å². The molecule has 1 atom stereocenters. The molecule has 1 spiro atoms. The Morgan fingerprint density at radius 2 is 1.88 bits per heavy atom. The average Bonchev–Trinajstić information content (AvgIpc) is 3.03. The summed E-state index contributed by atoms with van der Waals surface area (Å²) in [5.74, 6) is 2.78. The molecule has 3 aliphatic heterocycles. The number of hydrogen-bond donors (Lipinski definition) is 0. The Hall–Kier alpha value is -0.870. The Bertz CT molecular complexity index is 750. The van der Waals surface area contributed by atoms with Gasteiger partial charge in [0.2, 0.25) is 0 Å². The molecule has 0 saturated carbocycles. The predicted octanol–water partition coefficient (Wildman–Crippen LogP) is 4.35. The number of hydrogen-bond acceptors (Lipinski definition) is 4. The van der Waals surface area contributed by atoms with Crippen LogP contribution in [0.1, 0.15) is 43.7 Å². The summed E-state index contributed by atoms with van der Waals surface area (Å²) in [6.45, 7) is 3.49. The van der Waals surface area contributed by atoms with Crippen LogP contribution < -0.4 is 0 Å². The number of thioether (sulfide) groups is 2. The normalized spacial score (nSPS) is 31.0. The SMILES string of the molecule is CC12CC3(SCCS3)C3=C(CCCC3=O)N1CCc1ccccc12. The summed E-state index contributed by atoms with van der Waals surface area (Å²) in [4.78, 5) is 15.5. The second-order valence-electron chi connectivity index (χ2n) is 7.56. The lowest BCUT2D eigenvalue weighted by molar-refractivity contribution is -0.117. The third-order valence-electron chi connectivity index (χ3n) is 6.22. The maximum absolute atomic E-state index is 12.9. The van der Waals surface area contributed by atoms with E-state index in [2.05, 4.69) is 36.1 Å². The van der Waals surface area contributed by atoms with Crippen LogP contribution in [0.4, 0.5) is 0 Å². The quantitative estimate of drug-likeness (QED) is 0.688. The molecule has 126 valence electrons. The largest absolute Gasteiger partial charge is 0.365 e. The highest BCUT2D eigenvalue weighted by molar-refractivity contribution is 8.21. The molecule has 2 nitrogen and oxygen atoms in total. The number of carbonyl (C=O) groups is 1. The van der Waals surface area contributed by atoms with Crippen molar-refractivity contribution in [3.8, 4) is 0 Å². The molecular weight excluding hydrogens is 334 g/mol. The standard InChI is InChI=1S/C20H23NOS2/c1-19-13-20(23-11-12-24-20)18-16(7-4-8-17(18)22)21(19)10-9-14-5-2-3-6-15(14)19/h2-3,5-6H,4,7-13H2,1H3. The summed E-state index contributed by atoms with van der Waals surface area (Å²) in [6, 6.07) is 8.99. The van der Waals surface area contributed by atoms with E-state index in [1.54, 1.807) is 0 Å². The van der Waals surface area contributed by atoms with Crippen LogP contribution in [-0.4, -0.2) is 32.8 Å². The Labute approximate surface area is 152 Å². The second-order valence-corrected chi connectivity index (χ2v) is 10.6. The fraction of sp³-hybridized carbons (Fsp3) is 0.550. The topological polar surface area (TPSA) is 20.3 Å².